The highest BCUT2D eigenvalue weighted by Gasteiger charge is 2.32. The van der Waals surface area contributed by atoms with Gasteiger partial charge in [-0.05, 0) is 18.2 Å². The van der Waals surface area contributed by atoms with Gasteiger partial charge in [-0.3, -0.25) is 5.41 Å². The SMILES string of the molecule is N=NC(=N)c1cc2c3c(c1)c1ccccc1n3Cc1c(F)c(F)c(F)c(F)c1-2. The summed E-state index contributed by atoms with van der Waals surface area (Å²) in [7, 11) is 0. The molecule has 138 valence electrons. The van der Waals surface area contributed by atoms with Crippen LogP contribution in [0.25, 0.3) is 32.9 Å². The van der Waals surface area contributed by atoms with Crippen LogP contribution >= 0.6 is 0 Å². The Balaban J connectivity index is 2.04. The number of hydrogen-bond donors (Lipinski definition) is 2. The molecule has 2 heterocycles. The van der Waals surface area contributed by atoms with Gasteiger partial charge in [-0.15, -0.1) is 5.11 Å². The summed E-state index contributed by atoms with van der Waals surface area (Å²) in [4.78, 5) is 0. The number of rotatable bonds is 1. The molecular formula is C20H10F4N4. The summed E-state index contributed by atoms with van der Waals surface area (Å²) in [5.74, 6) is -7.02. The number of fused-ring (bicyclic) bond motifs is 5. The zero-order valence-corrected chi connectivity index (χ0v) is 14.1. The molecule has 2 N–H and O–H groups in total. The highest BCUT2D eigenvalue weighted by molar-refractivity contribution is 6.16. The van der Waals surface area contributed by atoms with E-state index < -0.39 is 23.3 Å². The lowest BCUT2D eigenvalue weighted by atomic mass is 9.91. The van der Waals surface area contributed by atoms with Gasteiger partial charge in [-0.1, -0.05) is 18.2 Å². The molecule has 0 saturated carbocycles. The van der Waals surface area contributed by atoms with Crippen molar-refractivity contribution in [2.45, 2.75) is 6.54 Å². The molecule has 0 saturated heterocycles. The van der Waals surface area contributed by atoms with E-state index in [2.05, 4.69) is 5.11 Å². The average Bonchev–Trinajstić information content (AvgIpc) is 3.04. The number of halogens is 4. The smallest absolute Gasteiger partial charge is 0.198 e. The maximum Gasteiger partial charge on any atom is 0.198 e. The van der Waals surface area contributed by atoms with Gasteiger partial charge in [0.1, 0.15) is 0 Å². The van der Waals surface area contributed by atoms with Crippen molar-refractivity contribution in [2.75, 3.05) is 0 Å². The van der Waals surface area contributed by atoms with Crippen molar-refractivity contribution in [1.82, 2.24) is 4.57 Å². The highest BCUT2D eigenvalue weighted by atomic mass is 19.2. The Morgan fingerprint density at radius 3 is 2.39 bits per heavy atom. The van der Waals surface area contributed by atoms with E-state index in [0.29, 0.717) is 16.4 Å². The molecule has 0 radical (unpaired) electrons. The van der Waals surface area contributed by atoms with Gasteiger partial charge >= 0.3 is 0 Å². The fourth-order valence-corrected chi connectivity index (χ4v) is 4.01. The van der Waals surface area contributed by atoms with Crippen LogP contribution in [-0.2, 0) is 6.54 Å². The summed E-state index contributed by atoms with van der Waals surface area (Å²) in [5.41, 5.74) is 8.00. The summed E-state index contributed by atoms with van der Waals surface area (Å²) in [5, 5.41) is 12.3. The van der Waals surface area contributed by atoms with E-state index in [1.807, 2.05) is 6.07 Å². The number of nitrogens with zero attached hydrogens (tertiary/aromatic N) is 2. The van der Waals surface area contributed by atoms with Crippen molar-refractivity contribution in [3.8, 4) is 11.1 Å². The largest absolute Gasteiger partial charge is 0.335 e. The zero-order chi connectivity index (χ0) is 19.7. The first-order valence-electron chi connectivity index (χ1n) is 8.30. The van der Waals surface area contributed by atoms with Crippen molar-refractivity contribution >= 4 is 27.6 Å². The second-order valence-electron chi connectivity index (χ2n) is 6.59. The minimum atomic E-state index is -1.88. The summed E-state index contributed by atoms with van der Waals surface area (Å²) in [6.45, 7) is -0.161. The van der Waals surface area contributed by atoms with E-state index in [9.17, 15) is 17.6 Å². The van der Waals surface area contributed by atoms with Crippen molar-refractivity contribution in [3.05, 3.63) is 70.8 Å². The fraction of sp³-hybridized carbons (Fsp3) is 0.0500. The van der Waals surface area contributed by atoms with Gasteiger partial charge in [0.15, 0.2) is 29.1 Å². The van der Waals surface area contributed by atoms with Crippen LogP contribution in [0.5, 0.6) is 0 Å². The van der Waals surface area contributed by atoms with Crippen molar-refractivity contribution in [1.29, 1.82) is 10.9 Å². The van der Waals surface area contributed by atoms with Gasteiger partial charge in [0, 0.05) is 38.5 Å². The number of benzene rings is 3. The maximum absolute atomic E-state index is 14.7. The number of para-hydroxylation sites is 1. The lowest BCUT2D eigenvalue weighted by Gasteiger charge is -2.22. The molecule has 5 rings (SSSR count). The number of hydrogen-bond acceptors (Lipinski definition) is 2. The molecule has 0 fully saturated rings. The van der Waals surface area contributed by atoms with Gasteiger partial charge in [0.2, 0.25) is 0 Å². The predicted molar refractivity (Wildman–Crippen MR) is 95.8 cm³/mol. The van der Waals surface area contributed by atoms with E-state index in [1.165, 1.54) is 6.07 Å². The lowest BCUT2D eigenvalue weighted by Crippen LogP contribution is -2.15. The van der Waals surface area contributed by atoms with Crippen molar-refractivity contribution in [2.24, 2.45) is 5.11 Å². The van der Waals surface area contributed by atoms with Crippen LogP contribution in [0.2, 0.25) is 0 Å². The van der Waals surface area contributed by atoms with Gasteiger partial charge in [0.05, 0.1) is 12.1 Å². The Morgan fingerprint density at radius 1 is 0.929 bits per heavy atom. The van der Waals surface area contributed by atoms with Crippen LogP contribution in [0, 0.1) is 34.2 Å². The topological polar surface area (TPSA) is 65.0 Å². The van der Waals surface area contributed by atoms with Crippen LogP contribution in [-0.4, -0.2) is 10.4 Å². The normalized spacial score (nSPS) is 12.4. The van der Waals surface area contributed by atoms with Crippen LogP contribution in [0.3, 0.4) is 0 Å². The molecule has 1 aliphatic heterocycles. The van der Waals surface area contributed by atoms with Gasteiger partial charge < -0.3 is 4.57 Å². The first-order valence-corrected chi connectivity index (χ1v) is 8.30. The minimum absolute atomic E-state index is 0.133. The molecule has 0 amide bonds. The molecule has 1 aromatic heterocycles. The summed E-state index contributed by atoms with van der Waals surface area (Å²) in [6, 6.07) is 10.2. The molecule has 0 unspecified atom stereocenters. The molecular weight excluding hydrogens is 372 g/mol. The molecule has 28 heavy (non-hydrogen) atoms. The summed E-state index contributed by atoms with van der Waals surface area (Å²) >= 11 is 0. The Hall–Kier alpha value is -3.55. The second kappa shape index (κ2) is 5.48. The molecule has 0 atom stereocenters. The van der Waals surface area contributed by atoms with Crippen LogP contribution in [0.1, 0.15) is 11.1 Å². The number of nitrogens with one attached hydrogen (secondary N) is 2. The molecule has 1 aliphatic rings. The van der Waals surface area contributed by atoms with Crippen LogP contribution in [0.15, 0.2) is 41.5 Å². The zero-order valence-electron chi connectivity index (χ0n) is 14.1. The van der Waals surface area contributed by atoms with Crippen molar-refractivity contribution < 1.29 is 17.6 Å². The molecule has 4 aromatic rings. The molecule has 0 bridgehead atoms. The molecule has 4 nitrogen and oxygen atoms in total. The van der Waals surface area contributed by atoms with E-state index in [-0.39, 0.29) is 34.6 Å². The Morgan fingerprint density at radius 2 is 1.64 bits per heavy atom. The van der Waals surface area contributed by atoms with E-state index >= 15 is 0 Å². The van der Waals surface area contributed by atoms with Crippen LogP contribution < -0.4 is 0 Å². The molecule has 8 heteroatoms. The third-order valence-corrected chi connectivity index (χ3v) is 5.20. The first kappa shape index (κ1) is 16.6. The first-order chi connectivity index (χ1) is 13.4. The van der Waals surface area contributed by atoms with Crippen molar-refractivity contribution in [3.63, 3.8) is 0 Å². The standard InChI is InChI=1S/C20H10F4N4/c21-15-12-7-28-13-4-2-1-3-9(13)10-5-8(20(25)27-26)6-11(19(10)28)14(12)16(22)18(24)17(15)23/h1-6,25-26H,7H2. The third-order valence-electron chi connectivity index (χ3n) is 5.20. The van der Waals surface area contributed by atoms with E-state index in [1.54, 1.807) is 28.8 Å². The Bertz CT molecular complexity index is 1370. The lowest BCUT2D eigenvalue weighted by molar-refractivity contribution is 0.404. The highest BCUT2D eigenvalue weighted by Crippen LogP contribution is 2.45. The third kappa shape index (κ3) is 1.91. The van der Waals surface area contributed by atoms with E-state index in [0.717, 1.165) is 5.39 Å². The minimum Gasteiger partial charge on any atom is -0.335 e. The molecule has 0 spiro atoms. The Labute approximate surface area is 155 Å². The van der Waals surface area contributed by atoms with Crippen LogP contribution in [0.4, 0.5) is 17.6 Å². The van der Waals surface area contributed by atoms with Gasteiger partial charge in [0.25, 0.3) is 0 Å². The predicted octanol–water partition coefficient (Wildman–Crippen LogP) is 5.74. The number of amidine groups is 1. The average molecular weight is 382 g/mol. The summed E-state index contributed by atoms with van der Waals surface area (Å²) in [6.07, 6.45) is 0. The maximum atomic E-state index is 14.7. The quantitative estimate of drug-likeness (QED) is 0.0928. The van der Waals surface area contributed by atoms with Gasteiger partial charge in [-0.25, -0.2) is 23.1 Å². The fourth-order valence-electron chi connectivity index (χ4n) is 4.01. The summed E-state index contributed by atoms with van der Waals surface area (Å²) < 4.78 is 58.8. The number of aromatic nitrogens is 1. The Kier molecular flexibility index (Phi) is 3.25. The second-order valence-corrected chi connectivity index (χ2v) is 6.59. The van der Waals surface area contributed by atoms with E-state index in [4.69, 9.17) is 10.9 Å². The molecule has 0 aliphatic carbocycles. The van der Waals surface area contributed by atoms with Gasteiger partial charge in [-0.2, -0.15) is 0 Å². The molecule has 3 aromatic carbocycles. The monoisotopic (exact) mass is 382 g/mol.